The molecule has 11 heteroatoms. The van der Waals surface area contributed by atoms with Crippen molar-refractivity contribution in [3.63, 3.8) is 0 Å². The first kappa shape index (κ1) is 46.7. The fourth-order valence-corrected chi connectivity index (χ4v) is 6.12. The van der Waals surface area contributed by atoms with Crippen LogP contribution >= 0.6 is 7.82 Å². The molecule has 0 saturated heterocycles. The van der Waals surface area contributed by atoms with Gasteiger partial charge in [0.2, 0.25) is 0 Å². The van der Waals surface area contributed by atoms with Crippen molar-refractivity contribution in [1.82, 2.24) is 0 Å². The van der Waals surface area contributed by atoms with Crippen LogP contribution in [0.2, 0.25) is 0 Å². The summed E-state index contributed by atoms with van der Waals surface area (Å²) in [5, 5.41) is 18.2. The molecule has 3 atom stereocenters. The summed E-state index contributed by atoms with van der Waals surface area (Å²) in [4.78, 5) is 34.8. The number of unbranched alkanes of at least 4 members (excludes halogenated alkanes) is 22. The first-order valence-corrected chi connectivity index (χ1v) is 20.6. The fraction of sp³-hybridized carbons (Fsp3) is 0.892. The van der Waals surface area contributed by atoms with Gasteiger partial charge in [-0.25, -0.2) is 4.57 Å². The van der Waals surface area contributed by atoms with Gasteiger partial charge >= 0.3 is 19.8 Å². The normalized spacial score (nSPS) is 13.9. The minimum Gasteiger partial charge on any atom is -0.462 e. The molecule has 0 bridgehead atoms. The zero-order chi connectivity index (χ0) is 35.6. The first-order valence-electron chi connectivity index (χ1n) is 19.1. The monoisotopic (exact) mass is 706 g/mol. The molecule has 0 spiro atoms. The molecule has 0 aliphatic rings. The van der Waals surface area contributed by atoms with E-state index in [1.54, 1.807) is 0 Å². The summed E-state index contributed by atoms with van der Waals surface area (Å²) in [7, 11) is -4.60. The van der Waals surface area contributed by atoms with Crippen LogP contribution in [0.25, 0.3) is 0 Å². The summed E-state index contributed by atoms with van der Waals surface area (Å²) in [6.07, 6.45) is 27.9. The lowest BCUT2D eigenvalue weighted by molar-refractivity contribution is -0.161. The Bertz CT molecular complexity index is 809. The Labute approximate surface area is 292 Å². The van der Waals surface area contributed by atoms with E-state index in [9.17, 15) is 24.2 Å². The third-order valence-corrected chi connectivity index (χ3v) is 9.27. The Kier molecular flexibility index (Phi) is 33.3. The summed E-state index contributed by atoms with van der Waals surface area (Å²) in [6.45, 7) is 3.87. The van der Waals surface area contributed by atoms with Gasteiger partial charge in [0.25, 0.3) is 0 Å². The second-order valence-electron chi connectivity index (χ2n) is 13.0. The Morgan fingerprint density at radius 1 is 0.646 bits per heavy atom. The maximum absolute atomic E-state index is 12.5. The summed E-state index contributed by atoms with van der Waals surface area (Å²) < 4.78 is 32.5. The van der Waals surface area contributed by atoms with Crippen LogP contribution in [0, 0.1) is 0 Å². The van der Waals surface area contributed by atoms with Crippen molar-refractivity contribution in [2.45, 2.75) is 186 Å². The SMILES string of the molecule is C=CCCCCCCCCCCCCCCCC(=O)OC[C@@H](COP(=O)(O)OC[C@H](O)CO)OC(=O)CCCCCCCCCCCC. The highest BCUT2D eigenvalue weighted by Gasteiger charge is 2.27. The molecule has 0 fully saturated rings. The molecule has 0 amide bonds. The third-order valence-electron chi connectivity index (χ3n) is 8.32. The summed E-state index contributed by atoms with van der Waals surface area (Å²) in [6, 6.07) is 0. The van der Waals surface area contributed by atoms with Gasteiger partial charge in [-0.05, 0) is 25.7 Å². The van der Waals surface area contributed by atoms with E-state index in [1.807, 2.05) is 6.08 Å². The molecule has 48 heavy (non-hydrogen) atoms. The number of carbonyl (C=O) groups excluding carboxylic acids is 2. The van der Waals surface area contributed by atoms with Crippen LogP contribution in [0.15, 0.2) is 12.7 Å². The number of phosphoric ester groups is 1. The predicted molar refractivity (Wildman–Crippen MR) is 192 cm³/mol. The molecule has 3 N–H and O–H groups in total. The number of carbonyl (C=O) groups is 2. The van der Waals surface area contributed by atoms with Crippen LogP contribution in [-0.2, 0) is 32.7 Å². The number of allylic oxidation sites excluding steroid dienone is 1. The van der Waals surface area contributed by atoms with Crippen LogP contribution < -0.4 is 0 Å². The molecule has 0 aliphatic carbocycles. The summed E-state index contributed by atoms with van der Waals surface area (Å²) >= 11 is 0. The number of aliphatic hydroxyl groups is 2. The third kappa shape index (κ3) is 33.2. The molecule has 0 aromatic rings. The maximum Gasteiger partial charge on any atom is 0.472 e. The maximum atomic E-state index is 12.5. The average Bonchev–Trinajstić information content (AvgIpc) is 3.07. The number of ether oxygens (including phenoxy) is 2. The Morgan fingerprint density at radius 3 is 1.52 bits per heavy atom. The zero-order valence-electron chi connectivity index (χ0n) is 30.3. The number of esters is 2. The molecule has 284 valence electrons. The quantitative estimate of drug-likeness (QED) is 0.0247. The number of rotatable bonds is 37. The van der Waals surface area contributed by atoms with Crippen molar-refractivity contribution in [3.05, 3.63) is 12.7 Å². The van der Waals surface area contributed by atoms with Crippen molar-refractivity contribution in [2.24, 2.45) is 0 Å². The van der Waals surface area contributed by atoms with Crippen LogP contribution in [0.1, 0.15) is 174 Å². The van der Waals surface area contributed by atoms with Crippen molar-refractivity contribution >= 4 is 19.8 Å². The largest absolute Gasteiger partial charge is 0.472 e. The van der Waals surface area contributed by atoms with Crippen molar-refractivity contribution in [3.8, 4) is 0 Å². The van der Waals surface area contributed by atoms with E-state index in [2.05, 4.69) is 18.0 Å². The summed E-state index contributed by atoms with van der Waals surface area (Å²) in [5.74, 6) is -0.924. The van der Waals surface area contributed by atoms with E-state index >= 15 is 0 Å². The Morgan fingerprint density at radius 2 is 1.06 bits per heavy atom. The molecule has 0 heterocycles. The molecule has 0 saturated carbocycles. The van der Waals surface area contributed by atoms with Crippen molar-refractivity contribution < 1.29 is 47.8 Å². The molecule has 10 nitrogen and oxygen atoms in total. The number of aliphatic hydroxyl groups excluding tert-OH is 2. The van der Waals surface area contributed by atoms with Crippen molar-refractivity contribution in [2.75, 3.05) is 26.4 Å². The van der Waals surface area contributed by atoms with Crippen LogP contribution in [0.5, 0.6) is 0 Å². The highest BCUT2D eigenvalue weighted by molar-refractivity contribution is 7.47. The van der Waals surface area contributed by atoms with E-state index in [0.29, 0.717) is 12.8 Å². The summed E-state index contributed by atoms with van der Waals surface area (Å²) in [5.41, 5.74) is 0. The van der Waals surface area contributed by atoms with Crippen LogP contribution in [0.4, 0.5) is 0 Å². The van der Waals surface area contributed by atoms with Crippen molar-refractivity contribution in [1.29, 1.82) is 0 Å². The van der Waals surface area contributed by atoms with E-state index in [-0.39, 0.29) is 19.4 Å². The second kappa shape index (κ2) is 34.2. The molecule has 0 aliphatic heterocycles. The van der Waals surface area contributed by atoms with Crippen LogP contribution in [-0.4, -0.2) is 65.7 Å². The lowest BCUT2D eigenvalue weighted by Gasteiger charge is -2.20. The molecular formula is C37H71O10P. The minimum atomic E-state index is -4.60. The second-order valence-corrected chi connectivity index (χ2v) is 14.5. The van der Waals surface area contributed by atoms with E-state index in [4.69, 9.17) is 19.1 Å². The lowest BCUT2D eigenvalue weighted by atomic mass is 10.0. The van der Waals surface area contributed by atoms with Gasteiger partial charge in [-0.1, -0.05) is 141 Å². The lowest BCUT2D eigenvalue weighted by Crippen LogP contribution is -2.29. The zero-order valence-corrected chi connectivity index (χ0v) is 31.2. The van der Waals surface area contributed by atoms with Gasteiger partial charge < -0.3 is 24.6 Å². The number of hydrogen-bond acceptors (Lipinski definition) is 9. The van der Waals surface area contributed by atoms with E-state index in [0.717, 1.165) is 44.9 Å². The highest BCUT2D eigenvalue weighted by Crippen LogP contribution is 2.43. The topological polar surface area (TPSA) is 149 Å². The average molecular weight is 707 g/mol. The first-order chi connectivity index (χ1) is 23.2. The van der Waals surface area contributed by atoms with Gasteiger partial charge in [0.05, 0.1) is 19.8 Å². The smallest absolute Gasteiger partial charge is 0.462 e. The minimum absolute atomic E-state index is 0.188. The fourth-order valence-electron chi connectivity index (χ4n) is 5.33. The van der Waals surface area contributed by atoms with Gasteiger partial charge in [-0.15, -0.1) is 6.58 Å². The molecule has 0 rings (SSSR count). The standard InChI is InChI=1S/C37H71O10P/c1-3-5-7-9-11-13-15-16-17-18-19-21-22-24-26-28-36(40)44-32-35(33-46-48(42,43)45-31-34(39)30-38)47-37(41)29-27-25-23-20-14-12-10-8-6-4-2/h3,34-35,38-39H,1,4-33H2,2H3,(H,42,43)/t34-,35+/m1/s1. The number of phosphoric acid groups is 1. The Hall–Kier alpha value is -1.29. The molecular weight excluding hydrogens is 635 g/mol. The van der Waals surface area contributed by atoms with E-state index < -0.39 is 51.8 Å². The molecule has 0 radical (unpaired) electrons. The van der Waals surface area contributed by atoms with Crippen LogP contribution in [0.3, 0.4) is 0 Å². The number of hydrogen-bond donors (Lipinski definition) is 3. The highest BCUT2D eigenvalue weighted by atomic mass is 31.2. The van der Waals surface area contributed by atoms with E-state index in [1.165, 1.54) is 96.3 Å². The van der Waals surface area contributed by atoms with Gasteiger partial charge in [-0.3, -0.25) is 18.6 Å². The van der Waals surface area contributed by atoms with Gasteiger partial charge in [0, 0.05) is 12.8 Å². The van der Waals surface area contributed by atoms with Gasteiger partial charge in [0.1, 0.15) is 12.7 Å². The predicted octanol–water partition coefficient (Wildman–Crippen LogP) is 9.28. The molecule has 1 unspecified atom stereocenters. The van der Waals surface area contributed by atoms with Gasteiger partial charge in [-0.2, -0.15) is 0 Å². The van der Waals surface area contributed by atoms with Gasteiger partial charge in [0.15, 0.2) is 6.10 Å². The molecule has 0 aromatic carbocycles. The molecule has 0 aromatic heterocycles. The Balaban J connectivity index is 4.29.